The van der Waals surface area contributed by atoms with E-state index in [0.717, 1.165) is 42.1 Å². The number of nitrogens with one attached hydrogen (secondary N) is 1. The maximum Gasteiger partial charge on any atom is 0.264 e. The van der Waals surface area contributed by atoms with Gasteiger partial charge in [-0.05, 0) is 81.3 Å². The molecule has 0 heterocycles. The van der Waals surface area contributed by atoms with Crippen molar-refractivity contribution in [1.82, 2.24) is 10.2 Å². The van der Waals surface area contributed by atoms with E-state index in [4.69, 9.17) is 4.74 Å². The molecular weight excluding hydrogens is 564 g/mol. The Bertz CT molecular complexity index is 1480. The van der Waals surface area contributed by atoms with Gasteiger partial charge in [-0.25, -0.2) is 17.2 Å². The Labute approximate surface area is 245 Å². The van der Waals surface area contributed by atoms with E-state index in [9.17, 15) is 26.8 Å². The summed E-state index contributed by atoms with van der Waals surface area (Å²) in [4.78, 5) is 28.2. The van der Waals surface area contributed by atoms with Crippen molar-refractivity contribution in [2.45, 2.75) is 63.1 Å². The standard InChI is InChI=1S/C31H35F2N3O5S/c1-3-41-27-16-18-28(19-17-27)42(39,40)36(26-14-12-24(32)13-15-26)21-30(37)35(20-23-8-4-7-11-29(23)33)22(2)31(38)34-25-9-5-6-10-25/h4,7-8,11-19,22,25H,3,5-6,9-10,20-21H2,1-2H3,(H,34,38)/t22-/m1/s1. The first-order valence-electron chi connectivity index (χ1n) is 13.9. The molecule has 0 bridgehead atoms. The number of anilines is 1. The van der Waals surface area contributed by atoms with Gasteiger partial charge in [0.05, 0.1) is 17.2 Å². The summed E-state index contributed by atoms with van der Waals surface area (Å²) in [5.74, 6) is -1.81. The van der Waals surface area contributed by atoms with Crippen LogP contribution in [0.3, 0.4) is 0 Å². The van der Waals surface area contributed by atoms with E-state index < -0.39 is 46.1 Å². The molecule has 224 valence electrons. The molecule has 11 heteroatoms. The van der Waals surface area contributed by atoms with E-state index in [1.165, 1.54) is 66.4 Å². The van der Waals surface area contributed by atoms with Crippen molar-refractivity contribution in [1.29, 1.82) is 0 Å². The Morgan fingerprint density at radius 2 is 1.62 bits per heavy atom. The number of hydrogen-bond donors (Lipinski definition) is 1. The SMILES string of the molecule is CCOc1ccc(S(=O)(=O)N(CC(=O)N(Cc2ccccc2F)[C@H](C)C(=O)NC2CCCC2)c2ccc(F)cc2)cc1. The molecule has 3 aromatic carbocycles. The minimum absolute atomic E-state index is 0.0129. The number of carbonyl (C=O) groups excluding carboxylic acids is 2. The van der Waals surface area contributed by atoms with E-state index in [0.29, 0.717) is 12.4 Å². The van der Waals surface area contributed by atoms with Crippen LogP contribution in [0.2, 0.25) is 0 Å². The minimum atomic E-state index is -4.34. The molecular formula is C31H35F2N3O5S. The van der Waals surface area contributed by atoms with Crippen LogP contribution in [0.1, 0.15) is 45.1 Å². The van der Waals surface area contributed by atoms with Crippen LogP contribution in [0.25, 0.3) is 0 Å². The summed E-state index contributed by atoms with van der Waals surface area (Å²) >= 11 is 0. The molecule has 0 unspecified atom stereocenters. The maximum absolute atomic E-state index is 14.7. The van der Waals surface area contributed by atoms with Crippen molar-refractivity contribution in [2.24, 2.45) is 0 Å². The molecule has 0 radical (unpaired) electrons. The normalized spacial score (nSPS) is 14.3. The van der Waals surface area contributed by atoms with Gasteiger partial charge in [0.1, 0.15) is 30.0 Å². The number of nitrogens with zero attached hydrogens (tertiary/aromatic N) is 2. The minimum Gasteiger partial charge on any atom is -0.494 e. The lowest BCUT2D eigenvalue weighted by molar-refractivity contribution is -0.139. The highest BCUT2D eigenvalue weighted by Gasteiger charge is 2.33. The van der Waals surface area contributed by atoms with Gasteiger partial charge in [-0.2, -0.15) is 0 Å². The van der Waals surface area contributed by atoms with Crippen LogP contribution in [0.4, 0.5) is 14.5 Å². The topological polar surface area (TPSA) is 96.0 Å². The summed E-state index contributed by atoms with van der Waals surface area (Å²) in [6.45, 7) is 2.76. The van der Waals surface area contributed by atoms with E-state index in [1.54, 1.807) is 13.0 Å². The molecule has 1 aliphatic rings. The zero-order valence-electron chi connectivity index (χ0n) is 23.6. The first kappa shape index (κ1) is 31.0. The van der Waals surface area contributed by atoms with Crippen LogP contribution in [0.5, 0.6) is 5.75 Å². The Kier molecular flexibility index (Phi) is 10.2. The van der Waals surface area contributed by atoms with Crippen molar-refractivity contribution in [3.8, 4) is 5.75 Å². The van der Waals surface area contributed by atoms with Crippen molar-refractivity contribution >= 4 is 27.5 Å². The van der Waals surface area contributed by atoms with Gasteiger partial charge in [-0.15, -0.1) is 0 Å². The largest absolute Gasteiger partial charge is 0.494 e. The molecule has 0 aliphatic heterocycles. The molecule has 1 saturated carbocycles. The maximum atomic E-state index is 14.7. The third-order valence-electron chi connectivity index (χ3n) is 7.28. The third kappa shape index (κ3) is 7.44. The van der Waals surface area contributed by atoms with Gasteiger partial charge in [-0.1, -0.05) is 31.0 Å². The van der Waals surface area contributed by atoms with Crippen molar-refractivity contribution < 1.29 is 31.5 Å². The van der Waals surface area contributed by atoms with Crippen LogP contribution < -0.4 is 14.4 Å². The molecule has 1 N–H and O–H groups in total. The fraction of sp³-hybridized carbons (Fsp3) is 0.355. The number of benzene rings is 3. The Hall–Kier alpha value is -3.99. The molecule has 4 rings (SSSR count). The van der Waals surface area contributed by atoms with Crippen LogP contribution in [-0.4, -0.2) is 50.4 Å². The van der Waals surface area contributed by atoms with E-state index in [1.807, 2.05) is 0 Å². The lowest BCUT2D eigenvalue weighted by atomic mass is 10.1. The van der Waals surface area contributed by atoms with E-state index in [-0.39, 0.29) is 28.7 Å². The first-order valence-corrected chi connectivity index (χ1v) is 15.4. The van der Waals surface area contributed by atoms with Gasteiger partial charge >= 0.3 is 0 Å². The average Bonchev–Trinajstić information content (AvgIpc) is 3.49. The molecule has 3 aromatic rings. The summed E-state index contributed by atoms with van der Waals surface area (Å²) in [7, 11) is -4.34. The van der Waals surface area contributed by atoms with Gasteiger partial charge in [0, 0.05) is 18.2 Å². The second-order valence-electron chi connectivity index (χ2n) is 10.2. The Balaban J connectivity index is 1.68. The van der Waals surface area contributed by atoms with Gasteiger partial charge < -0.3 is 15.0 Å². The van der Waals surface area contributed by atoms with Crippen molar-refractivity contribution in [2.75, 3.05) is 17.5 Å². The lowest BCUT2D eigenvalue weighted by Gasteiger charge is -2.32. The second-order valence-corrected chi connectivity index (χ2v) is 12.0. The summed E-state index contributed by atoms with van der Waals surface area (Å²) in [6, 6.07) is 15.3. The summed E-state index contributed by atoms with van der Waals surface area (Å²) in [5.41, 5.74) is 0.224. The predicted molar refractivity (Wildman–Crippen MR) is 155 cm³/mol. The van der Waals surface area contributed by atoms with Gasteiger partial charge in [0.2, 0.25) is 11.8 Å². The monoisotopic (exact) mass is 599 g/mol. The van der Waals surface area contributed by atoms with Crippen LogP contribution in [0.15, 0.2) is 77.7 Å². The van der Waals surface area contributed by atoms with E-state index in [2.05, 4.69) is 5.32 Å². The molecule has 1 aliphatic carbocycles. The fourth-order valence-electron chi connectivity index (χ4n) is 4.92. The van der Waals surface area contributed by atoms with Crippen molar-refractivity contribution in [3.05, 3.63) is 90.0 Å². The molecule has 0 saturated heterocycles. The number of ether oxygens (including phenoxy) is 1. The van der Waals surface area contributed by atoms with Crippen LogP contribution >= 0.6 is 0 Å². The van der Waals surface area contributed by atoms with Gasteiger partial charge in [0.25, 0.3) is 10.0 Å². The third-order valence-corrected chi connectivity index (χ3v) is 9.07. The highest BCUT2D eigenvalue weighted by molar-refractivity contribution is 7.92. The molecule has 0 aromatic heterocycles. The molecule has 1 fully saturated rings. The number of hydrogen-bond acceptors (Lipinski definition) is 5. The number of halogens is 2. The van der Waals surface area contributed by atoms with Gasteiger partial charge in [0.15, 0.2) is 0 Å². The predicted octanol–water partition coefficient (Wildman–Crippen LogP) is 5.03. The molecule has 8 nitrogen and oxygen atoms in total. The molecule has 42 heavy (non-hydrogen) atoms. The number of amides is 2. The van der Waals surface area contributed by atoms with Crippen molar-refractivity contribution in [3.63, 3.8) is 0 Å². The highest BCUT2D eigenvalue weighted by atomic mass is 32.2. The lowest BCUT2D eigenvalue weighted by Crippen LogP contribution is -2.52. The molecule has 1 atom stereocenters. The summed E-state index contributed by atoms with van der Waals surface area (Å²) in [5, 5.41) is 2.97. The highest BCUT2D eigenvalue weighted by Crippen LogP contribution is 2.27. The number of carbonyl (C=O) groups is 2. The van der Waals surface area contributed by atoms with Crippen LogP contribution in [-0.2, 0) is 26.2 Å². The number of sulfonamides is 1. The Morgan fingerprint density at radius 1 is 0.976 bits per heavy atom. The Morgan fingerprint density at radius 3 is 2.24 bits per heavy atom. The average molecular weight is 600 g/mol. The van der Waals surface area contributed by atoms with Crippen LogP contribution in [0, 0.1) is 11.6 Å². The summed E-state index contributed by atoms with van der Waals surface area (Å²) in [6.07, 6.45) is 3.65. The quantitative estimate of drug-likeness (QED) is 0.315. The van der Waals surface area contributed by atoms with E-state index >= 15 is 0 Å². The smallest absolute Gasteiger partial charge is 0.264 e. The zero-order valence-corrected chi connectivity index (χ0v) is 24.4. The molecule has 0 spiro atoms. The number of rotatable bonds is 12. The summed E-state index contributed by atoms with van der Waals surface area (Å²) < 4.78 is 62.5. The fourth-order valence-corrected chi connectivity index (χ4v) is 6.34. The first-order chi connectivity index (χ1) is 20.1. The van der Waals surface area contributed by atoms with Gasteiger partial charge in [-0.3, -0.25) is 13.9 Å². The molecule has 2 amide bonds. The zero-order chi connectivity index (χ0) is 30.3. The second kappa shape index (κ2) is 13.8.